The maximum atomic E-state index is 12.1. The number of amides is 1. The molecule has 6 heteroatoms. The van der Waals surface area contributed by atoms with Crippen LogP contribution in [0.3, 0.4) is 0 Å². The first-order valence-electron chi connectivity index (χ1n) is 5.49. The Morgan fingerprint density at radius 1 is 1.50 bits per heavy atom. The van der Waals surface area contributed by atoms with Crippen LogP contribution >= 0.6 is 0 Å². The maximum Gasteiger partial charge on any atom is 0.247 e. The van der Waals surface area contributed by atoms with Gasteiger partial charge in [0.15, 0.2) is 0 Å². The van der Waals surface area contributed by atoms with Gasteiger partial charge in [0.25, 0.3) is 0 Å². The van der Waals surface area contributed by atoms with Crippen molar-refractivity contribution in [3.63, 3.8) is 0 Å². The molecule has 88 valence electrons. The van der Waals surface area contributed by atoms with Gasteiger partial charge in [-0.1, -0.05) is 0 Å². The third-order valence-electron chi connectivity index (χ3n) is 2.97. The molecule has 1 saturated heterocycles. The number of aromatic nitrogens is 3. The van der Waals surface area contributed by atoms with E-state index < -0.39 is 0 Å². The van der Waals surface area contributed by atoms with E-state index in [9.17, 15) is 9.90 Å². The third kappa shape index (κ3) is 2.21. The Bertz CT molecular complexity index is 344. The highest BCUT2D eigenvalue weighted by molar-refractivity contribution is 5.80. The molecule has 16 heavy (non-hydrogen) atoms. The average molecular weight is 224 g/mol. The zero-order valence-corrected chi connectivity index (χ0v) is 9.28. The molecule has 1 N–H and O–H groups in total. The van der Waals surface area contributed by atoms with Crippen molar-refractivity contribution in [3.8, 4) is 0 Å². The van der Waals surface area contributed by atoms with E-state index in [-0.39, 0.29) is 18.1 Å². The zero-order chi connectivity index (χ0) is 11.5. The highest BCUT2D eigenvalue weighted by atomic mass is 16.3. The molecule has 1 atom stereocenters. The van der Waals surface area contributed by atoms with Crippen molar-refractivity contribution in [2.45, 2.75) is 31.9 Å². The molecule has 2 rings (SSSR count). The number of carbonyl (C=O) groups excluding carboxylic acids is 1. The van der Waals surface area contributed by atoms with Gasteiger partial charge in [0.05, 0.1) is 6.10 Å². The predicted octanol–water partition coefficient (Wildman–Crippen LogP) is -0.178. The number of hydrogen-bond acceptors (Lipinski definition) is 4. The summed E-state index contributed by atoms with van der Waals surface area (Å²) in [5.41, 5.74) is 0. The lowest BCUT2D eigenvalue weighted by atomic mass is 10.1. The van der Waals surface area contributed by atoms with Crippen LogP contribution < -0.4 is 0 Å². The van der Waals surface area contributed by atoms with Crippen LogP contribution in [-0.2, 0) is 4.79 Å². The molecule has 1 aromatic rings. The Kier molecular flexibility index (Phi) is 3.19. The molecule has 0 bridgehead atoms. The van der Waals surface area contributed by atoms with Crippen LogP contribution in [0.1, 0.15) is 25.8 Å². The van der Waals surface area contributed by atoms with Crippen LogP contribution in [0.4, 0.5) is 0 Å². The number of rotatable bonds is 2. The molecule has 1 amide bonds. The molecule has 0 aliphatic carbocycles. The minimum Gasteiger partial charge on any atom is -0.393 e. The van der Waals surface area contributed by atoms with Gasteiger partial charge in [0.1, 0.15) is 18.7 Å². The van der Waals surface area contributed by atoms with Crippen LogP contribution in [0.2, 0.25) is 0 Å². The van der Waals surface area contributed by atoms with Crippen molar-refractivity contribution in [1.82, 2.24) is 19.7 Å². The molecule has 1 aromatic heterocycles. The first kappa shape index (κ1) is 11.1. The molecule has 6 nitrogen and oxygen atoms in total. The van der Waals surface area contributed by atoms with Gasteiger partial charge in [0.2, 0.25) is 5.91 Å². The Morgan fingerprint density at radius 3 is 2.75 bits per heavy atom. The molecule has 1 aliphatic rings. The number of aliphatic hydroxyl groups excluding tert-OH is 1. The summed E-state index contributed by atoms with van der Waals surface area (Å²) in [7, 11) is 0. The van der Waals surface area contributed by atoms with Crippen molar-refractivity contribution < 1.29 is 9.90 Å². The minimum atomic E-state index is -0.322. The fraction of sp³-hybridized carbons (Fsp3) is 0.700. The van der Waals surface area contributed by atoms with Crippen LogP contribution in [0.15, 0.2) is 12.7 Å². The highest BCUT2D eigenvalue weighted by Gasteiger charge is 2.26. The second-order valence-corrected chi connectivity index (χ2v) is 4.11. The zero-order valence-electron chi connectivity index (χ0n) is 9.28. The topological polar surface area (TPSA) is 71.2 Å². The van der Waals surface area contributed by atoms with Crippen molar-refractivity contribution in [1.29, 1.82) is 0 Å². The van der Waals surface area contributed by atoms with Crippen molar-refractivity contribution in [2.24, 2.45) is 0 Å². The number of likely N-dealkylation sites (tertiary alicyclic amines) is 1. The molecular formula is C10H16N4O2. The lowest BCUT2D eigenvalue weighted by Gasteiger charge is -2.31. The highest BCUT2D eigenvalue weighted by Crippen LogP contribution is 2.14. The molecule has 1 unspecified atom stereocenters. The number of carbonyl (C=O) groups is 1. The SMILES string of the molecule is CC(C(=O)N1CCC(O)CC1)n1cncn1. The van der Waals surface area contributed by atoms with Gasteiger partial charge in [-0.2, -0.15) is 5.10 Å². The van der Waals surface area contributed by atoms with Gasteiger partial charge in [-0.15, -0.1) is 0 Å². The van der Waals surface area contributed by atoms with E-state index in [2.05, 4.69) is 10.1 Å². The largest absolute Gasteiger partial charge is 0.393 e. The van der Waals surface area contributed by atoms with E-state index in [0.717, 1.165) is 0 Å². The fourth-order valence-corrected chi connectivity index (χ4v) is 1.88. The van der Waals surface area contributed by atoms with Crippen LogP contribution in [0.25, 0.3) is 0 Å². The maximum absolute atomic E-state index is 12.1. The van der Waals surface area contributed by atoms with Gasteiger partial charge in [0, 0.05) is 13.1 Å². The molecular weight excluding hydrogens is 208 g/mol. The summed E-state index contributed by atoms with van der Waals surface area (Å²) in [5.74, 6) is 0.0393. The third-order valence-corrected chi connectivity index (χ3v) is 2.97. The second kappa shape index (κ2) is 4.61. The normalized spacial score (nSPS) is 19.8. The molecule has 2 heterocycles. The Morgan fingerprint density at radius 2 is 2.19 bits per heavy atom. The number of aliphatic hydroxyl groups is 1. The Balaban J connectivity index is 1.97. The van der Waals surface area contributed by atoms with E-state index in [1.54, 1.807) is 15.9 Å². The molecule has 1 aliphatic heterocycles. The Hall–Kier alpha value is -1.43. The van der Waals surface area contributed by atoms with Crippen LogP contribution in [-0.4, -0.2) is 49.9 Å². The molecule has 0 aromatic carbocycles. The fourth-order valence-electron chi connectivity index (χ4n) is 1.88. The van der Waals surface area contributed by atoms with E-state index in [1.165, 1.54) is 6.33 Å². The Labute approximate surface area is 93.9 Å². The summed E-state index contributed by atoms with van der Waals surface area (Å²) in [6.45, 7) is 3.06. The first-order valence-corrected chi connectivity index (χ1v) is 5.49. The molecule has 1 fully saturated rings. The molecule has 0 spiro atoms. The number of piperidine rings is 1. The summed E-state index contributed by atoms with van der Waals surface area (Å²) >= 11 is 0. The van der Waals surface area contributed by atoms with Gasteiger partial charge in [-0.25, -0.2) is 9.67 Å². The number of nitrogens with zero attached hydrogens (tertiary/aromatic N) is 4. The molecule has 0 saturated carbocycles. The van der Waals surface area contributed by atoms with Gasteiger partial charge >= 0.3 is 0 Å². The van der Waals surface area contributed by atoms with Crippen LogP contribution in [0, 0.1) is 0 Å². The van der Waals surface area contributed by atoms with Gasteiger partial charge < -0.3 is 10.0 Å². The predicted molar refractivity (Wildman–Crippen MR) is 56.6 cm³/mol. The monoisotopic (exact) mass is 224 g/mol. The van der Waals surface area contributed by atoms with Crippen molar-refractivity contribution >= 4 is 5.91 Å². The quantitative estimate of drug-likeness (QED) is 0.756. The standard InChI is InChI=1S/C10H16N4O2/c1-8(14-7-11-6-12-14)10(16)13-4-2-9(15)3-5-13/h6-9,15H,2-5H2,1H3. The average Bonchev–Trinajstić information content (AvgIpc) is 2.81. The summed E-state index contributed by atoms with van der Waals surface area (Å²) in [4.78, 5) is 17.7. The van der Waals surface area contributed by atoms with Gasteiger partial charge in [-0.3, -0.25) is 4.79 Å². The summed E-state index contributed by atoms with van der Waals surface area (Å²) < 4.78 is 1.55. The van der Waals surface area contributed by atoms with E-state index in [4.69, 9.17) is 0 Å². The summed E-state index contributed by atoms with van der Waals surface area (Å²) in [6.07, 6.45) is 4.03. The lowest BCUT2D eigenvalue weighted by molar-refractivity contribution is -0.136. The lowest BCUT2D eigenvalue weighted by Crippen LogP contribution is -2.43. The number of hydrogen-bond donors (Lipinski definition) is 1. The summed E-state index contributed by atoms with van der Waals surface area (Å²) in [6, 6.07) is -0.322. The second-order valence-electron chi connectivity index (χ2n) is 4.11. The summed E-state index contributed by atoms with van der Waals surface area (Å²) in [5, 5.41) is 13.3. The van der Waals surface area contributed by atoms with E-state index >= 15 is 0 Å². The van der Waals surface area contributed by atoms with E-state index in [1.807, 2.05) is 6.92 Å². The smallest absolute Gasteiger partial charge is 0.247 e. The van der Waals surface area contributed by atoms with Gasteiger partial charge in [-0.05, 0) is 19.8 Å². The minimum absolute atomic E-state index is 0.0393. The molecule has 0 radical (unpaired) electrons. The van der Waals surface area contributed by atoms with E-state index in [0.29, 0.717) is 25.9 Å². The van der Waals surface area contributed by atoms with Crippen molar-refractivity contribution in [3.05, 3.63) is 12.7 Å². The van der Waals surface area contributed by atoms with Crippen LogP contribution in [0.5, 0.6) is 0 Å². The van der Waals surface area contributed by atoms with Crippen molar-refractivity contribution in [2.75, 3.05) is 13.1 Å². The first-order chi connectivity index (χ1) is 7.68.